The van der Waals surface area contributed by atoms with Gasteiger partial charge in [-0.05, 0) is 19.9 Å². The molecule has 0 atom stereocenters. The molecule has 0 saturated carbocycles. The Morgan fingerprint density at radius 2 is 1.43 bits per heavy atom. The zero-order valence-corrected chi connectivity index (χ0v) is 19.6. The van der Waals surface area contributed by atoms with Crippen LogP contribution in [0, 0.1) is 0 Å². The lowest BCUT2D eigenvalue weighted by molar-refractivity contribution is 0.355. The number of hydrogen-bond acceptors (Lipinski definition) is 4. The number of nitrogens with zero attached hydrogens (tertiary/aromatic N) is 2. The lowest BCUT2D eigenvalue weighted by Gasteiger charge is -2.15. The Hall–Kier alpha value is -1.80. The Kier molecular flexibility index (Phi) is 8.12. The molecule has 0 radical (unpaired) electrons. The molecule has 28 heavy (non-hydrogen) atoms. The number of fused-ring (bicyclic) bond motifs is 1. The topological polar surface area (TPSA) is 62.5 Å². The van der Waals surface area contributed by atoms with Crippen molar-refractivity contribution in [3.05, 3.63) is 56.3 Å². The Balaban J connectivity index is 2.84. The monoisotopic (exact) mass is 514 g/mol. The van der Waals surface area contributed by atoms with Crippen molar-refractivity contribution in [2.45, 2.75) is 26.9 Å². The van der Waals surface area contributed by atoms with Gasteiger partial charge < -0.3 is 9.47 Å². The van der Waals surface area contributed by atoms with Gasteiger partial charge in [0, 0.05) is 29.8 Å². The highest BCUT2D eigenvalue weighted by Crippen LogP contribution is 2.30. The lowest BCUT2D eigenvalue weighted by atomic mass is 10.2. The van der Waals surface area contributed by atoms with E-state index in [1.807, 2.05) is 26.0 Å². The molecule has 2 aromatic rings. The molecular weight excluding hydrogens is 492 g/mol. The summed E-state index contributed by atoms with van der Waals surface area (Å²) in [5.74, 6) is 0.916. The molecule has 0 unspecified atom stereocenters. The highest BCUT2D eigenvalue weighted by Gasteiger charge is 2.16. The SMILES string of the molecule is COc1cc2c(=O)n(C/C=C(\C)CBr)c(=O)n(C/C=C(\C)CBr)c2cc1OC. The van der Waals surface area contributed by atoms with Gasteiger partial charge in [0.1, 0.15) is 0 Å². The molecule has 1 aromatic heterocycles. The summed E-state index contributed by atoms with van der Waals surface area (Å²) in [4.78, 5) is 26.2. The largest absolute Gasteiger partial charge is 0.493 e. The van der Waals surface area contributed by atoms with E-state index in [4.69, 9.17) is 9.47 Å². The highest BCUT2D eigenvalue weighted by molar-refractivity contribution is 9.09. The standard InChI is InChI=1S/C20H24Br2N2O4/c1-13(11-21)5-7-23-16-10-18(28-4)17(27-3)9-15(16)19(25)24(20(23)26)8-6-14(2)12-22/h5-6,9-10H,7-8,11-12H2,1-4H3/b13-5+,14-6+. The minimum atomic E-state index is -0.359. The molecule has 152 valence electrons. The Morgan fingerprint density at radius 3 is 1.93 bits per heavy atom. The van der Waals surface area contributed by atoms with Crippen LogP contribution in [0.15, 0.2) is 45.0 Å². The number of rotatable bonds is 8. The van der Waals surface area contributed by atoms with Crippen LogP contribution >= 0.6 is 31.9 Å². The lowest BCUT2D eigenvalue weighted by Crippen LogP contribution is -2.39. The molecule has 0 spiro atoms. The van der Waals surface area contributed by atoms with Crippen molar-refractivity contribution in [2.24, 2.45) is 0 Å². The molecule has 8 heteroatoms. The Bertz CT molecular complexity index is 1040. The molecule has 6 nitrogen and oxygen atoms in total. The van der Waals surface area contributed by atoms with Gasteiger partial charge in [-0.1, -0.05) is 55.2 Å². The Morgan fingerprint density at radius 1 is 0.929 bits per heavy atom. The van der Waals surface area contributed by atoms with Gasteiger partial charge in [-0.2, -0.15) is 0 Å². The minimum Gasteiger partial charge on any atom is -0.493 e. The second kappa shape index (κ2) is 10.1. The number of methoxy groups -OCH3 is 2. The van der Waals surface area contributed by atoms with Crippen LogP contribution in [0.2, 0.25) is 0 Å². The van der Waals surface area contributed by atoms with E-state index in [-0.39, 0.29) is 17.8 Å². The number of benzene rings is 1. The predicted octanol–water partition coefficient (Wildman–Crippen LogP) is 3.86. The van der Waals surface area contributed by atoms with Gasteiger partial charge in [0.05, 0.1) is 25.1 Å². The maximum absolute atomic E-state index is 13.1. The van der Waals surface area contributed by atoms with Crippen LogP contribution in [-0.2, 0) is 13.1 Å². The van der Waals surface area contributed by atoms with E-state index in [9.17, 15) is 9.59 Å². The number of aromatic nitrogens is 2. The summed E-state index contributed by atoms with van der Waals surface area (Å²) in [6.07, 6.45) is 3.83. The third-order valence-corrected chi connectivity index (χ3v) is 6.17. The van der Waals surface area contributed by atoms with Crippen molar-refractivity contribution in [3.8, 4) is 11.5 Å². The van der Waals surface area contributed by atoms with E-state index in [1.165, 1.54) is 18.8 Å². The number of hydrogen-bond donors (Lipinski definition) is 0. The molecular formula is C20H24Br2N2O4. The van der Waals surface area contributed by atoms with Gasteiger partial charge >= 0.3 is 5.69 Å². The van der Waals surface area contributed by atoms with Crippen molar-refractivity contribution >= 4 is 42.8 Å². The first-order chi connectivity index (χ1) is 13.4. The highest BCUT2D eigenvalue weighted by atomic mass is 79.9. The molecule has 0 bridgehead atoms. The van der Waals surface area contributed by atoms with E-state index >= 15 is 0 Å². The fraction of sp³-hybridized carbons (Fsp3) is 0.400. The van der Waals surface area contributed by atoms with Crippen LogP contribution in [0.5, 0.6) is 11.5 Å². The van der Waals surface area contributed by atoms with Crippen molar-refractivity contribution in [3.63, 3.8) is 0 Å². The van der Waals surface area contributed by atoms with Crippen LogP contribution in [0.25, 0.3) is 10.9 Å². The molecule has 0 amide bonds. The average molecular weight is 516 g/mol. The number of halogens is 2. The van der Waals surface area contributed by atoms with Gasteiger partial charge in [0.25, 0.3) is 5.56 Å². The number of alkyl halides is 2. The minimum absolute atomic E-state index is 0.209. The summed E-state index contributed by atoms with van der Waals surface area (Å²) in [5.41, 5.74) is 1.94. The molecule has 0 N–H and O–H groups in total. The van der Waals surface area contributed by atoms with Gasteiger partial charge in [0.2, 0.25) is 0 Å². The second-order valence-electron chi connectivity index (χ2n) is 6.40. The zero-order valence-electron chi connectivity index (χ0n) is 16.4. The Labute approximate surface area is 180 Å². The molecule has 1 heterocycles. The van der Waals surface area contributed by atoms with E-state index < -0.39 is 0 Å². The molecule has 1 aromatic carbocycles. The first kappa shape index (κ1) is 22.5. The quantitative estimate of drug-likeness (QED) is 0.395. The van der Waals surface area contributed by atoms with Crippen molar-refractivity contribution < 1.29 is 9.47 Å². The van der Waals surface area contributed by atoms with E-state index in [1.54, 1.807) is 16.7 Å². The molecule has 0 aliphatic heterocycles. The summed E-state index contributed by atoms with van der Waals surface area (Å²) in [6, 6.07) is 3.31. The van der Waals surface area contributed by atoms with Gasteiger partial charge in [0.15, 0.2) is 11.5 Å². The normalized spacial score (nSPS) is 12.5. The van der Waals surface area contributed by atoms with E-state index in [2.05, 4.69) is 31.9 Å². The van der Waals surface area contributed by atoms with Crippen LogP contribution in [0.1, 0.15) is 13.8 Å². The second-order valence-corrected chi connectivity index (χ2v) is 7.52. The zero-order chi connectivity index (χ0) is 20.8. The summed E-state index contributed by atoms with van der Waals surface area (Å²) < 4.78 is 13.5. The number of ether oxygens (including phenoxy) is 2. The van der Waals surface area contributed by atoms with Crippen LogP contribution in [0.4, 0.5) is 0 Å². The van der Waals surface area contributed by atoms with Crippen molar-refractivity contribution in [1.29, 1.82) is 0 Å². The molecule has 0 aliphatic carbocycles. The third-order valence-electron chi connectivity index (χ3n) is 4.40. The molecule has 0 saturated heterocycles. The van der Waals surface area contributed by atoms with Crippen LogP contribution in [-0.4, -0.2) is 34.0 Å². The average Bonchev–Trinajstić information content (AvgIpc) is 2.71. The molecule has 0 aliphatic rings. The van der Waals surface area contributed by atoms with Gasteiger partial charge in [-0.3, -0.25) is 13.9 Å². The molecule has 0 fully saturated rings. The summed E-state index contributed by atoms with van der Waals surface area (Å²) in [7, 11) is 3.04. The fourth-order valence-corrected chi connectivity index (χ4v) is 3.14. The predicted molar refractivity (Wildman–Crippen MR) is 121 cm³/mol. The first-order valence-electron chi connectivity index (χ1n) is 8.70. The summed E-state index contributed by atoms with van der Waals surface area (Å²) >= 11 is 6.79. The maximum Gasteiger partial charge on any atom is 0.332 e. The smallest absolute Gasteiger partial charge is 0.332 e. The van der Waals surface area contributed by atoms with E-state index in [0.717, 1.165) is 11.1 Å². The summed E-state index contributed by atoms with van der Waals surface area (Å²) in [5, 5.41) is 1.80. The third kappa shape index (κ3) is 4.78. The molecule has 2 rings (SSSR count). The maximum atomic E-state index is 13.1. The van der Waals surface area contributed by atoms with Crippen LogP contribution in [0.3, 0.4) is 0 Å². The summed E-state index contributed by atoms with van der Waals surface area (Å²) in [6.45, 7) is 4.48. The van der Waals surface area contributed by atoms with Crippen molar-refractivity contribution in [2.75, 3.05) is 24.9 Å². The number of allylic oxidation sites excluding steroid dienone is 4. The fourth-order valence-electron chi connectivity index (χ4n) is 2.68. The van der Waals surface area contributed by atoms with Gasteiger partial charge in [-0.25, -0.2) is 4.79 Å². The first-order valence-corrected chi connectivity index (χ1v) is 10.9. The van der Waals surface area contributed by atoms with Gasteiger partial charge in [-0.15, -0.1) is 0 Å². The van der Waals surface area contributed by atoms with Crippen LogP contribution < -0.4 is 20.7 Å². The van der Waals surface area contributed by atoms with Crippen molar-refractivity contribution in [1.82, 2.24) is 9.13 Å². The van der Waals surface area contributed by atoms with E-state index in [0.29, 0.717) is 39.6 Å².